The smallest absolute Gasteiger partial charge is 0.136 e. The molecular weight excluding hydrogens is 246 g/mol. The summed E-state index contributed by atoms with van der Waals surface area (Å²) in [6.07, 6.45) is 0. The summed E-state index contributed by atoms with van der Waals surface area (Å²) in [6.45, 7) is 1.48. The molecule has 0 heterocycles. The summed E-state index contributed by atoms with van der Waals surface area (Å²) in [4.78, 5) is 0. The third kappa shape index (κ3) is 2.03. The van der Waals surface area contributed by atoms with Crippen molar-refractivity contribution in [2.45, 2.75) is 6.92 Å². The van der Waals surface area contributed by atoms with Crippen LogP contribution in [0.4, 0.5) is 23.2 Å². The molecule has 2 N–H and O–H groups in total. The molecule has 2 aromatic carbocycles. The van der Waals surface area contributed by atoms with Crippen LogP contribution in [-0.2, 0) is 0 Å². The zero-order valence-electron chi connectivity index (χ0n) is 9.40. The summed E-state index contributed by atoms with van der Waals surface area (Å²) in [7, 11) is 0. The van der Waals surface area contributed by atoms with Crippen molar-refractivity contribution in [3.63, 3.8) is 0 Å². The molecule has 2 rings (SSSR count). The average molecular weight is 255 g/mol. The van der Waals surface area contributed by atoms with E-state index in [1.807, 2.05) is 0 Å². The van der Waals surface area contributed by atoms with E-state index in [0.29, 0.717) is 5.56 Å². The van der Waals surface area contributed by atoms with Gasteiger partial charge in [0.2, 0.25) is 0 Å². The molecule has 0 radical (unpaired) electrons. The standard InChI is InChI=1S/C13H9F4N/c1-6-2-8(14)12(9(15)3-6)13-10(16)4-7(18)5-11(13)17/h2-5H,18H2,1H3. The third-order valence-corrected chi connectivity index (χ3v) is 2.50. The molecule has 0 amide bonds. The van der Waals surface area contributed by atoms with E-state index in [2.05, 4.69) is 0 Å². The lowest BCUT2D eigenvalue weighted by molar-refractivity contribution is 0.563. The summed E-state index contributed by atoms with van der Waals surface area (Å²) in [5, 5.41) is 0. The molecule has 94 valence electrons. The topological polar surface area (TPSA) is 26.0 Å². The monoisotopic (exact) mass is 255 g/mol. The second-order valence-electron chi connectivity index (χ2n) is 3.96. The van der Waals surface area contributed by atoms with Gasteiger partial charge >= 0.3 is 0 Å². The summed E-state index contributed by atoms with van der Waals surface area (Å²) < 4.78 is 54.5. The fourth-order valence-electron chi connectivity index (χ4n) is 1.77. The fourth-order valence-corrected chi connectivity index (χ4v) is 1.77. The van der Waals surface area contributed by atoms with E-state index in [0.717, 1.165) is 24.3 Å². The van der Waals surface area contributed by atoms with E-state index in [9.17, 15) is 17.6 Å². The number of benzene rings is 2. The van der Waals surface area contributed by atoms with Crippen molar-refractivity contribution < 1.29 is 17.6 Å². The van der Waals surface area contributed by atoms with Gasteiger partial charge < -0.3 is 5.73 Å². The Bertz CT molecular complexity index is 521. The third-order valence-electron chi connectivity index (χ3n) is 2.50. The minimum absolute atomic E-state index is 0.151. The molecule has 18 heavy (non-hydrogen) atoms. The first-order valence-corrected chi connectivity index (χ1v) is 5.10. The van der Waals surface area contributed by atoms with Crippen molar-refractivity contribution in [3.05, 3.63) is 53.1 Å². The van der Waals surface area contributed by atoms with Crippen LogP contribution >= 0.6 is 0 Å². The molecule has 0 saturated carbocycles. The molecule has 0 fully saturated rings. The number of aryl methyl sites for hydroxylation is 1. The van der Waals surface area contributed by atoms with E-state index >= 15 is 0 Å². The summed E-state index contributed by atoms with van der Waals surface area (Å²) in [5.41, 5.74) is 3.93. The minimum atomic E-state index is -1.10. The lowest BCUT2D eigenvalue weighted by atomic mass is 10.0. The Kier molecular flexibility index (Phi) is 2.98. The second-order valence-corrected chi connectivity index (χ2v) is 3.96. The molecular formula is C13H9F4N. The van der Waals surface area contributed by atoms with Crippen molar-refractivity contribution in [3.8, 4) is 11.1 Å². The Morgan fingerprint density at radius 2 is 1.06 bits per heavy atom. The van der Waals surface area contributed by atoms with Crippen LogP contribution in [0, 0.1) is 30.2 Å². The van der Waals surface area contributed by atoms with Gasteiger partial charge in [-0.15, -0.1) is 0 Å². The maximum absolute atomic E-state index is 13.7. The summed E-state index contributed by atoms with van der Waals surface area (Å²) in [5.74, 6) is -4.24. The first-order chi connectivity index (χ1) is 8.40. The SMILES string of the molecule is Cc1cc(F)c(-c2c(F)cc(N)cc2F)c(F)c1. The molecule has 0 unspecified atom stereocenters. The highest BCUT2D eigenvalue weighted by Crippen LogP contribution is 2.32. The van der Waals surface area contributed by atoms with E-state index in [-0.39, 0.29) is 5.69 Å². The summed E-state index contributed by atoms with van der Waals surface area (Å²) in [6, 6.07) is 3.65. The Morgan fingerprint density at radius 3 is 1.44 bits per heavy atom. The van der Waals surface area contributed by atoms with Crippen LogP contribution < -0.4 is 5.73 Å². The molecule has 1 nitrogen and oxygen atoms in total. The highest BCUT2D eigenvalue weighted by Gasteiger charge is 2.20. The summed E-state index contributed by atoms with van der Waals surface area (Å²) >= 11 is 0. The van der Waals surface area contributed by atoms with Gasteiger partial charge in [-0.1, -0.05) is 0 Å². The molecule has 0 aliphatic heterocycles. The fraction of sp³-hybridized carbons (Fsp3) is 0.0769. The lowest BCUT2D eigenvalue weighted by Gasteiger charge is -2.09. The van der Waals surface area contributed by atoms with Crippen LogP contribution in [0.15, 0.2) is 24.3 Å². The highest BCUT2D eigenvalue weighted by atomic mass is 19.1. The Hall–Kier alpha value is -2.04. The van der Waals surface area contributed by atoms with Crippen LogP contribution in [-0.4, -0.2) is 0 Å². The highest BCUT2D eigenvalue weighted by molar-refractivity contribution is 5.68. The second kappa shape index (κ2) is 4.33. The predicted octanol–water partition coefficient (Wildman–Crippen LogP) is 3.80. The first kappa shape index (κ1) is 12.4. The van der Waals surface area contributed by atoms with Crippen LogP contribution in [0.3, 0.4) is 0 Å². The number of nitrogen functional groups attached to an aromatic ring is 1. The number of nitrogens with two attached hydrogens (primary N) is 1. The normalized spacial score (nSPS) is 10.7. The van der Waals surface area contributed by atoms with E-state index in [1.54, 1.807) is 0 Å². The predicted molar refractivity (Wildman–Crippen MR) is 60.9 cm³/mol. The molecule has 0 aliphatic carbocycles. The van der Waals surface area contributed by atoms with Crippen LogP contribution in [0.25, 0.3) is 11.1 Å². The lowest BCUT2D eigenvalue weighted by Crippen LogP contribution is -1.99. The quantitative estimate of drug-likeness (QED) is 0.608. The average Bonchev–Trinajstić information content (AvgIpc) is 2.20. The van der Waals surface area contributed by atoms with Crippen molar-refractivity contribution in [2.24, 2.45) is 0 Å². The van der Waals surface area contributed by atoms with E-state index in [1.165, 1.54) is 6.92 Å². The maximum atomic E-state index is 13.7. The Morgan fingerprint density at radius 1 is 0.722 bits per heavy atom. The molecule has 2 aromatic rings. The Labute approximate surface area is 101 Å². The number of hydrogen-bond donors (Lipinski definition) is 1. The molecule has 0 aromatic heterocycles. The van der Waals surface area contributed by atoms with Gasteiger partial charge in [0.15, 0.2) is 0 Å². The van der Waals surface area contributed by atoms with Crippen molar-refractivity contribution >= 4 is 5.69 Å². The number of hydrogen-bond acceptors (Lipinski definition) is 1. The van der Waals surface area contributed by atoms with Gasteiger partial charge in [0, 0.05) is 5.69 Å². The largest absolute Gasteiger partial charge is 0.399 e. The van der Waals surface area contributed by atoms with Gasteiger partial charge in [-0.25, -0.2) is 17.6 Å². The minimum Gasteiger partial charge on any atom is -0.399 e. The van der Waals surface area contributed by atoms with Gasteiger partial charge in [-0.3, -0.25) is 0 Å². The van der Waals surface area contributed by atoms with Crippen LogP contribution in [0.2, 0.25) is 0 Å². The number of halogens is 4. The zero-order valence-corrected chi connectivity index (χ0v) is 9.40. The molecule has 0 spiro atoms. The maximum Gasteiger partial charge on any atom is 0.136 e. The van der Waals surface area contributed by atoms with Crippen LogP contribution in [0.5, 0.6) is 0 Å². The van der Waals surface area contributed by atoms with Gasteiger partial charge in [-0.2, -0.15) is 0 Å². The Balaban J connectivity index is 2.78. The van der Waals surface area contributed by atoms with E-state index < -0.39 is 34.4 Å². The molecule has 0 saturated heterocycles. The van der Waals surface area contributed by atoms with Crippen molar-refractivity contribution in [1.29, 1.82) is 0 Å². The van der Waals surface area contributed by atoms with Crippen LogP contribution in [0.1, 0.15) is 5.56 Å². The van der Waals surface area contributed by atoms with Gasteiger partial charge in [0.25, 0.3) is 0 Å². The van der Waals surface area contributed by atoms with Gasteiger partial charge in [-0.05, 0) is 36.8 Å². The van der Waals surface area contributed by atoms with Crippen molar-refractivity contribution in [1.82, 2.24) is 0 Å². The zero-order chi connectivity index (χ0) is 13.4. The van der Waals surface area contributed by atoms with Gasteiger partial charge in [0.05, 0.1) is 11.1 Å². The molecule has 0 aliphatic rings. The first-order valence-electron chi connectivity index (χ1n) is 5.10. The molecule has 0 atom stereocenters. The van der Waals surface area contributed by atoms with Crippen molar-refractivity contribution in [2.75, 3.05) is 5.73 Å². The molecule has 5 heteroatoms. The number of anilines is 1. The number of rotatable bonds is 1. The van der Waals surface area contributed by atoms with Gasteiger partial charge in [0.1, 0.15) is 23.3 Å². The van der Waals surface area contributed by atoms with E-state index in [4.69, 9.17) is 5.73 Å². The molecule has 0 bridgehead atoms.